The summed E-state index contributed by atoms with van der Waals surface area (Å²) in [6.07, 6.45) is 2.02. The van der Waals surface area contributed by atoms with Crippen molar-refractivity contribution in [2.24, 2.45) is 0 Å². The second-order valence-electron chi connectivity index (χ2n) is 7.70. The molecule has 0 aliphatic rings. The molecule has 0 aromatic carbocycles. The maximum atomic E-state index is 9.22. The van der Waals surface area contributed by atoms with E-state index < -0.39 is 0 Å². The smallest absolute Gasteiger partial charge is 0.140 e. The number of nitrogens with one attached hydrogen (secondary N) is 1. The average Bonchev–Trinajstić information content (AvgIpc) is 3.30. The number of rotatable bonds is 3. The van der Waals surface area contributed by atoms with Crippen LogP contribution < -0.4 is 5.32 Å². The van der Waals surface area contributed by atoms with Gasteiger partial charge in [0.2, 0.25) is 0 Å². The van der Waals surface area contributed by atoms with E-state index in [4.69, 9.17) is 4.98 Å². The van der Waals surface area contributed by atoms with Gasteiger partial charge in [-0.2, -0.15) is 0 Å². The molecule has 0 unspecified atom stereocenters. The van der Waals surface area contributed by atoms with Gasteiger partial charge in [-0.15, -0.1) is 11.3 Å². The highest BCUT2D eigenvalue weighted by atomic mass is 32.1. The lowest BCUT2D eigenvalue weighted by Crippen LogP contribution is -2.27. The Hall–Kier alpha value is -3.14. The highest BCUT2D eigenvalue weighted by molar-refractivity contribution is 7.16. The maximum Gasteiger partial charge on any atom is 0.140 e. The molecular weight excluding hydrogens is 380 g/mol. The Kier molecular flexibility index (Phi) is 5.10. The number of fused-ring (bicyclic) bond motifs is 1. The van der Waals surface area contributed by atoms with Gasteiger partial charge in [-0.25, -0.2) is 9.97 Å². The van der Waals surface area contributed by atoms with E-state index in [1.165, 1.54) is 0 Å². The van der Waals surface area contributed by atoms with E-state index in [0.717, 1.165) is 26.9 Å². The zero-order valence-corrected chi connectivity index (χ0v) is 17.4. The van der Waals surface area contributed by atoms with E-state index in [1.807, 2.05) is 42.6 Å². The molecule has 4 aromatic heterocycles. The highest BCUT2D eigenvalue weighted by Crippen LogP contribution is 2.34. The fraction of sp³-hybridized carbons (Fsp3) is 0.217. The van der Waals surface area contributed by atoms with Gasteiger partial charge in [-0.3, -0.25) is 4.40 Å². The van der Waals surface area contributed by atoms with Crippen molar-refractivity contribution in [3.05, 3.63) is 71.0 Å². The molecule has 4 aromatic rings. The molecule has 0 bridgehead atoms. The molecule has 0 saturated heterocycles. The van der Waals surface area contributed by atoms with E-state index in [1.54, 1.807) is 17.4 Å². The molecule has 0 aliphatic carbocycles. The fourth-order valence-corrected chi connectivity index (χ4v) is 3.79. The van der Waals surface area contributed by atoms with Crippen LogP contribution in [0.1, 0.15) is 37.0 Å². The molecular formula is C23H22N4OS. The zero-order valence-electron chi connectivity index (χ0n) is 16.6. The van der Waals surface area contributed by atoms with Crippen LogP contribution in [0, 0.1) is 11.8 Å². The van der Waals surface area contributed by atoms with Gasteiger partial charge in [-0.1, -0.05) is 12.1 Å². The van der Waals surface area contributed by atoms with Crippen molar-refractivity contribution in [3.8, 4) is 22.4 Å². The van der Waals surface area contributed by atoms with Crippen LogP contribution >= 0.6 is 11.3 Å². The summed E-state index contributed by atoms with van der Waals surface area (Å²) < 4.78 is 2.08. The standard InChI is InChI=1S/C23H22N4OS/c1-23(2,3)26-22-21(25-20-9-4-5-14-27(20)22)19-13-12-18(29-19)11-10-16-7-6-8-17(15-28)24-16/h4-9,12-14,26,28H,15H2,1-3H3. The molecule has 0 spiro atoms. The Morgan fingerprint density at radius 2 is 1.90 bits per heavy atom. The first-order chi connectivity index (χ1) is 13.9. The van der Waals surface area contributed by atoms with Gasteiger partial charge in [0.05, 0.1) is 22.1 Å². The molecule has 6 heteroatoms. The van der Waals surface area contributed by atoms with Crippen LogP contribution in [-0.2, 0) is 6.61 Å². The number of aromatic nitrogens is 3. The van der Waals surface area contributed by atoms with Crippen molar-refractivity contribution in [2.45, 2.75) is 32.9 Å². The average molecular weight is 403 g/mol. The molecule has 0 aliphatic heterocycles. The summed E-state index contributed by atoms with van der Waals surface area (Å²) in [6.45, 7) is 6.32. The summed E-state index contributed by atoms with van der Waals surface area (Å²) in [4.78, 5) is 11.2. The zero-order chi connectivity index (χ0) is 20.4. The van der Waals surface area contributed by atoms with E-state index in [-0.39, 0.29) is 12.1 Å². The first-order valence-corrected chi connectivity index (χ1v) is 10.2. The molecule has 0 fully saturated rings. The molecule has 0 amide bonds. The number of nitrogens with zero attached hydrogens (tertiary/aromatic N) is 3. The fourth-order valence-electron chi connectivity index (χ4n) is 2.94. The number of imidazole rings is 1. The predicted octanol–water partition coefficient (Wildman–Crippen LogP) is 4.56. The number of thiophene rings is 1. The molecule has 5 nitrogen and oxygen atoms in total. The van der Waals surface area contributed by atoms with E-state index in [2.05, 4.69) is 53.4 Å². The quantitative estimate of drug-likeness (QED) is 0.493. The first-order valence-electron chi connectivity index (χ1n) is 9.37. The van der Waals surface area contributed by atoms with Crippen molar-refractivity contribution in [1.82, 2.24) is 14.4 Å². The Morgan fingerprint density at radius 3 is 2.69 bits per heavy atom. The van der Waals surface area contributed by atoms with Crippen LogP contribution in [0.25, 0.3) is 16.2 Å². The second-order valence-corrected chi connectivity index (χ2v) is 8.78. The minimum Gasteiger partial charge on any atom is -0.390 e. The second kappa shape index (κ2) is 7.70. The highest BCUT2D eigenvalue weighted by Gasteiger charge is 2.20. The molecule has 4 heterocycles. The van der Waals surface area contributed by atoms with E-state index in [0.29, 0.717) is 11.4 Å². The molecule has 146 valence electrons. The summed E-state index contributed by atoms with van der Waals surface area (Å²) >= 11 is 1.60. The minimum absolute atomic E-state index is 0.0872. The Morgan fingerprint density at radius 1 is 1.03 bits per heavy atom. The largest absolute Gasteiger partial charge is 0.390 e. The monoisotopic (exact) mass is 402 g/mol. The van der Waals surface area contributed by atoms with Crippen LogP contribution in [0.2, 0.25) is 0 Å². The molecule has 2 N–H and O–H groups in total. The molecule has 4 rings (SSSR count). The first kappa shape index (κ1) is 19.2. The van der Waals surface area contributed by atoms with E-state index in [9.17, 15) is 5.11 Å². The molecule has 0 atom stereocenters. The lowest BCUT2D eigenvalue weighted by molar-refractivity contribution is 0.277. The number of aliphatic hydroxyl groups excluding tert-OH is 1. The lowest BCUT2D eigenvalue weighted by Gasteiger charge is -2.22. The molecule has 0 radical (unpaired) electrons. The molecule has 29 heavy (non-hydrogen) atoms. The van der Waals surface area contributed by atoms with Crippen molar-refractivity contribution in [3.63, 3.8) is 0 Å². The van der Waals surface area contributed by atoms with Crippen molar-refractivity contribution < 1.29 is 5.11 Å². The van der Waals surface area contributed by atoms with E-state index >= 15 is 0 Å². The van der Waals surface area contributed by atoms with Gasteiger partial charge in [0.15, 0.2) is 0 Å². The van der Waals surface area contributed by atoms with Crippen LogP contribution in [0.3, 0.4) is 0 Å². The Bertz CT molecular complexity index is 1220. The molecule has 0 saturated carbocycles. The third kappa shape index (κ3) is 4.32. The van der Waals surface area contributed by atoms with Crippen molar-refractivity contribution in [1.29, 1.82) is 0 Å². The van der Waals surface area contributed by atoms with Gasteiger partial charge in [0.1, 0.15) is 22.9 Å². The van der Waals surface area contributed by atoms with Crippen LogP contribution in [0.4, 0.5) is 5.82 Å². The number of anilines is 1. The van der Waals surface area contributed by atoms with Crippen LogP contribution in [0.5, 0.6) is 0 Å². The summed E-state index contributed by atoms with van der Waals surface area (Å²) in [7, 11) is 0. The third-order valence-corrected chi connectivity index (χ3v) is 5.15. The number of hydrogen-bond acceptors (Lipinski definition) is 5. The van der Waals surface area contributed by atoms with Gasteiger partial charge >= 0.3 is 0 Å². The normalized spacial score (nSPS) is 11.3. The summed E-state index contributed by atoms with van der Waals surface area (Å²) in [5.74, 6) is 7.23. The van der Waals surface area contributed by atoms with Crippen molar-refractivity contribution in [2.75, 3.05) is 5.32 Å². The van der Waals surface area contributed by atoms with Crippen LogP contribution in [-0.4, -0.2) is 25.0 Å². The van der Waals surface area contributed by atoms with Crippen LogP contribution in [0.15, 0.2) is 54.7 Å². The summed E-state index contributed by atoms with van der Waals surface area (Å²) in [6, 6.07) is 15.5. The van der Waals surface area contributed by atoms with Gasteiger partial charge in [-0.05, 0) is 69.0 Å². The summed E-state index contributed by atoms with van der Waals surface area (Å²) in [5.41, 5.74) is 2.99. The Balaban J connectivity index is 1.70. The van der Waals surface area contributed by atoms with Gasteiger partial charge < -0.3 is 10.4 Å². The number of pyridine rings is 2. The van der Waals surface area contributed by atoms with Gasteiger partial charge in [0, 0.05) is 11.7 Å². The number of hydrogen-bond donors (Lipinski definition) is 2. The third-order valence-electron chi connectivity index (χ3n) is 4.15. The lowest BCUT2D eigenvalue weighted by atomic mass is 10.1. The topological polar surface area (TPSA) is 62.5 Å². The Labute approximate surface area is 174 Å². The number of aliphatic hydroxyl groups is 1. The van der Waals surface area contributed by atoms with Crippen molar-refractivity contribution >= 4 is 22.8 Å². The SMILES string of the molecule is CC(C)(C)Nc1c(-c2ccc(C#Cc3cccc(CO)n3)s2)nc2ccccn12. The minimum atomic E-state index is -0.0934. The maximum absolute atomic E-state index is 9.22. The summed E-state index contributed by atoms with van der Waals surface area (Å²) in [5, 5.41) is 12.8. The predicted molar refractivity (Wildman–Crippen MR) is 118 cm³/mol. The van der Waals surface area contributed by atoms with Gasteiger partial charge in [0.25, 0.3) is 0 Å².